The molecule has 144 valence electrons. The van der Waals surface area contributed by atoms with Gasteiger partial charge in [0.25, 0.3) is 0 Å². The van der Waals surface area contributed by atoms with Gasteiger partial charge in [-0.1, -0.05) is 24.3 Å². The molecule has 1 heterocycles. The normalized spacial score (nSPS) is 16.3. The molecule has 0 aromatic heterocycles. The molecule has 2 aromatic carbocycles. The van der Waals surface area contributed by atoms with Gasteiger partial charge in [0.15, 0.2) is 0 Å². The Bertz CT molecular complexity index is 957. The number of carbonyl (C=O) groups excluding carboxylic acids is 3. The quantitative estimate of drug-likeness (QED) is 0.589. The molecule has 1 saturated heterocycles. The third-order valence-corrected chi connectivity index (χ3v) is 5.39. The lowest BCUT2D eigenvalue weighted by Crippen LogP contribution is -2.32. The fraction of sp³-hybridized carbons (Fsp3) is 0.200. The second-order valence-electron chi connectivity index (χ2n) is 5.92. The van der Waals surface area contributed by atoms with E-state index < -0.39 is 29.0 Å². The van der Waals surface area contributed by atoms with Crippen LogP contribution in [0, 0.1) is 0 Å². The Labute approximate surface area is 165 Å². The average molecular weight is 399 g/mol. The summed E-state index contributed by atoms with van der Waals surface area (Å²) in [4.78, 5) is 50.4. The highest BCUT2D eigenvalue weighted by Crippen LogP contribution is 2.36. The Morgan fingerprint density at radius 3 is 2.43 bits per heavy atom. The van der Waals surface area contributed by atoms with E-state index in [1.807, 2.05) is 0 Å². The van der Waals surface area contributed by atoms with E-state index in [1.54, 1.807) is 37.3 Å². The lowest BCUT2D eigenvalue weighted by Gasteiger charge is -2.18. The number of carboxylic acids is 1. The van der Waals surface area contributed by atoms with Crippen molar-refractivity contribution in [2.24, 2.45) is 0 Å². The van der Waals surface area contributed by atoms with E-state index in [-0.39, 0.29) is 29.8 Å². The SMILES string of the molecule is CCOC(=O)c1ccccc1N1C(=O)C[C@H](Sc2ccccc2C(=O)O)C1=O. The van der Waals surface area contributed by atoms with Crippen molar-refractivity contribution in [3.8, 4) is 0 Å². The van der Waals surface area contributed by atoms with Crippen molar-refractivity contribution >= 4 is 41.2 Å². The van der Waals surface area contributed by atoms with Crippen LogP contribution in [0.15, 0.2) is 53.4 Å². The number of carboxylic acid groups (broad SMARTS) is 1. The van der Waals surface area contributed by atoms with Gasteiger partial charge in [0, 0.05) is 11.3 Å². The van der Waals surface area contributed by atoms with Crippen LogP contribution in [-0.2, 0) is 14.3 Å². The van der Waals surface area contributed by atoms with E-state index in [0.29, 0.717) is 4.90 Å². The summed E-state index contributed by atoms with van der Waals surface area (Å²) in [7, 11) is 0. The zero-order valence-electron chi connectivity index (χ0n) is 15.0. The average Bonchev–Trinajstić information content (AvgIpc) is 2.95. The molecule has 0 radical (unpaired) electrons. The molecule has 0 saturated carbocycles. The second-order valence-corrected chi connectivity index (χ2v) is 7.16. The summed E-state index contributed by atoms with van der Waals surface area (Å²) in [5.41, 5.74) is 0.367. The number of imide groups is 1. The number of para-hydroxylation sites is 1. The molecule has 1 aliphatic heterocycles. The third kappa shape index (κ3) is 3.77. The Morgan fingerprint density at radius 1 is 1.11 bits per heavy atom. The molecule has 2 amide bonds. The predicted molar refractivity (Wildman–Crippen MR) is 103 cm³/mol. The Kier molecular flexibility index (Phi) is 5.79. The molecule has 3 rings (SSSR count). The number of benzene rings is 2. The Hall–Kier alpha value is -3.13. The van der Waals surface area contributed by atoms with Gasteiger partial charge in [-0.2, -0.15) is 0 Å². The van der Waals surface area contributed by atoms with Gasteiger partial charge >= 0.3 is 11.9 Å². The molecule has 7 nitrogen and oxygen atoms in total. The number of hydrogen-bond donors (Lipinski definition) is 1. The Balaban J connectivity index is 1.90. The summed E-state index contributed by atoms with van der Waals surface area (Å²) in [6.45, 7) is 1.83. The van der Waals surface area contributed by atoms with Crippen LogP contribution in [0.4, 0.5) is 5.69 Å². The zero-order valence-corrected chi connectivity index (χ0v) is 15.8. The van der Waals surface area contributed by atoms with E-state index in [1.165, 1.54) is 18.2 Å². The van der Waals surface area contributed by atoms with Crippen LogP contribution in [0.2, 0.25) is 0 Å². The van der Waals surface area contributed by atoms with Crippen LogP contribution in [0.1, 0.15) is 34.1 Å². The standard InChI is InChI=1S/C20H17NO6S/c1-2-27-20(26)12-7-3-5-9-14(12)21-17(22)11-16(18(21)23)28-15-10-6-4-8-13(15)19(24)25/h3-10,16H,2,11H2,1H3,(H,24,25)/t16-/m0/s1. The molecule has 0 spiro atoms. The minimum Gasteiger partial charge on any atom is -0.478 e. The maximum Gasteiger partial charge on any atom is 0.340 e. The first-order chi connectivity index (χ1) is 13.4. The van der Waals surface area contributed by atoms with E-state index in [4.69, 9.17) is 4.74 Å². The maximum absolute atomic E-state index is 12.9. The van der Waals surface area contributed by atoms with Crippen LogP contribution in [0.5, 0.6) is 0 Å². The highest BCUT2D eigenvalue weighted by Gasteiger charge is 2.42. The van der Waals surface area contributed by atoms with E-state index in [9.17, 15) is 24.3 Å². The number of carbonyl (C=O) groups is 4. The number of amides is 2. The van der Waals surface area contributed by atoms with Crippen molar-refractivity contribution in [3.05, 3.63) is 59.7 Å². The molecule has 1 aliphatic rings. The first-order valence-electron chi connectivity index (χ1n) is 8.56. The summed E-state index contributed by atoms with van der Waals surface area (Å²) in [6, 6.07) is 12.6. The number of hydrogen-bond acceptors (Lipinski definition) is 6. The van der Waals surface area contributed by atoms with Gasteiger partial charge < -0.3 is 9.84 Å². The van der Waals surface area contributed by atoms with Crippen molar-refractivity contribution in [1.29, 1.82) is 0 Å². The summed E-state index contributed by atoms with van der Waals surface area (Å²) >= 11 is 1.03. The van der Waals surface area contributed by atoms with Gasteiger partial charge in [-0.15, -0.1) is 11.8 Å². The number of nitrogens with zero attached hydrogens (tertiary/aromatic N) is 1. The minimum atomic E-state index is -1.11. The van der Waals surface area contributed by atoms with Gasteiger partial charge in [-0.3, -0.25) is 9.59 Å². The molecule has 28 heavy (non-hydrogen) atoms. The molecular weight excluding hydrogens is 382 g/mol. The minimum absolute atomic E-state index is 0.0677. The van der Waals surface area contributed by atoms with Gasteiger partial charge in [0.05, 0.1) is 28.7 Å². The molecule has 0 aliphatic carbocycles. The molecule has 1 atom stereocenters. The fourth-order valence-corrected chi connectivity index (χ4v) is 4.08. The molecule has 2 aromatic rings. The fourth-order valence-electron chi connectivity index (χ4n) is 2.90. The largest absolute Gasteiger partial charge is 0.478 e. The van der Waals surface area contributed by atoms with Crippen LogP contribution >= 0.6 is 11.8 Å². The monoisotopic (exact) mass is 399 g/mol. The maximum atomic E-state index is 12.9. The third-order valence-electron chi connectivity index (χ3n) is 4.13. The highest BCUT2D eigenvalue weighted by molar-refractivity contribution is 8.00. The van der Waals surface area contributed by atoms with E-state index in [2.05, 4.69) is 0 Å². The first kappa shape index (κ1) is 19.6. The molecular formula is C20H17NO6S. The Morgan fingerprint density at radius 2 is 1.75 bits per heavy atom. The van der Waals surface area contributed by atoms with Crippen molar-refractivity contribution in [1.82, 2.24) is 0 Å². The smallest absolute Gasteiger partial charge is 0.340 e. The van der Waals surface area contributed by atoms with Gasteiger partial charge in [0.1, 0.15) is 0 Å². The number of thioether (sulfide) groups is 1. The molecule has 0 bridgehead atoms. The van der Waals surface area contributed by atoms with E-state index >= 15 is 0 Å². The van der Waals surface area contributed by atoms with Gasteiger partial charge in [0.2, 0.25) is 11.8 Å². The van der Waals surface area contributed by atoms with Gasteiger partial charge in [-0.05, 0) is 31.2 Å². The van der Waals surface area contributed by atoms with Crippen LogP contribution < -0.4 is 4.90 Å². The summed E-state index contributed by atoms with van der Waals surface area (Å²) in [6.07, 6.45) is -0.0887. The summed E-state index contributed by atoms with van der Waals surface area (Å²) < 4.78 is 5.00. The topological polar surface area (TPSA) is 101 Å². The van der Waals surface area contributed by atoms with E-state index in [0.717, 1.165) is 16.7 Å². The molecule has 0 unspecified atom stereocenters. The van der Waals surface area contributed by atoms with Crippen molar-refractivity contribution < 1.29 is 29.0 Å². The van der Waals surface area contributed by atoms with Crippen molar-refractivity contribution in [3.63, 3.8) is 0 Å². The molecule has 1 fully saturated rings. The summed E-state index contributed by atoms with van der Waals surface area (Å²) in [5.74, 6) is -2.67. The predicted octanol–water partition coefficient (Wildman–Crippen LogP) is 2.99. The van der Waals surface area contributed by atoms with Crippen molar-refractivity contribution in [2.75, 3.05) is 11.5 Å². The van der Waals surface area contributed by atoms with Crippen LogP contribution in [0.25, 0.3) is 0 Å². The first-order valence-corrected chi connectivity index (χ1v) is 9.44. The van der Waals surface area contributed by atoms with Gasteiger partial charge in [-0.25, -0.2) is 14.5 Å². The van der Waals surface area contributed by atoms with Crippen molar-refractivity contribution in [2.45, 2.75) is 23.5 Å². The molecule has 8 heteroatoms. The summed E-state index contributed by atoms with van der Waals surface area (Å²) in [5, 5.41) is 8.53. The number of anilines is 1. The number of esters is 1. The molecule has 1 N–H and O–H groups in total. The number of ether oxygens (including phenoxy) is 1. The lowest BCUT2D eigenvalue weighted by atomic mass is 10.1. The van der Waals surface area contributed by atoms with Crippen LogP contribution in [0.3, 0.4) is 0 Å². The van der Waals surface area contributed by atoms with Crippen LogP contribution in [-0.4, -0.2) is 40.7 Å². The highest BCUT2D eigenvalue weighted by atomic mass is 32.2. The number of rotatable bonds is 6. The second kappa shape index (κ2) is 8.26. The zero-order chi connectivity index (χ0) is 20.3. The number of aromatic carboxylic acids is 1. The lowest BCUT2D eigenvalue weighted by molar-refractivity contribution is -0.121.